The van der Waals surface area contributed by atoms with Crippen molar-refractivity contribution in [3.05, 3.63) is 0 Å². The first-order chi connectivity index (χ1) is 7.79. The Morgan fingerprint density at radius 1 is 1.18 bits per heavy atom. The fraction of sp³-hybridized carbons (Fsp3) is 1.00. The van der Waals surface area contributed by atoms with Gasteiger partial charge in [0.15, 0.2) is 0 Å². The predicted molar refractivity (Wildman–Crippen MR) is 65.4 cm³/mol. The molecular formula is C13H26O4. The van der Waals surface area contributed by atoms with E-state index in [9.17, 15) is 5.11 Å². The Morgan fingerprint density at radius 3 is 1.82 bits per heavy atom. The summed E-state index contributed by atoms with van der Waals surface area (Å²) in [6, 6.07) is 0. The standard InChI is InChI=1S/C10H18O.C3H8O3/c1-9(2)7-4-5-10(9,3)8(11)6-7;4-1-3(6)2-5/h7-8,11H,4-6H2,1-3H3;3-6H,1-2H2. The van der Waals surface area contributed by atoms with Gasteiger partial charge in [-0.1, -0.05) is 20.8 Å². The first-order valence-electron chi connectivity index (χ1n) is 6.37. The molecule has 3 atom stereocenters. The topological polar surface area (TPSA) is 80.9 Å². The predicted octanol–water partition coefficient (Wildman–Crippen LogP) is 0.525. The zero-order chi connectivity index (χ0) is 13.3. The summed E-state index contributed by atoms with van der Waals surface area (Å²) in [5.74, 6) is 0.780. The molecule has 0 aromatic rings. The molecule has 17 heavy (non-hydrogen) atoms. The molecule has 3 unspecified atom stereocenters. The quantitative estimate of drug-likeness (QED) is 0.573. The molecule has 4 N–H and O–H groups in total. The lowest BCUT2D eigenvalue weighted by Gasteiger charge is -2.36. The van der Waals surface area contributed by atoms with Crippen LogP contribution in [0.4, 0.5) is 0 Å². The summed E-state index contributed by atoms with van der Waals surface area (Å²) in [4.78, 5) is 0. The highest BCUT2D eigenvalue weighted by Gasteiger charge is 2.60. The van der Waals surface area contributed by atoms with Crippen LogP contribution >= 0.6 is 0 Å². The fourth-order valence-electron chi connectivity index (χ4n) is 3.22. The molecule has 2 aliphatic carbocycles. The maximum Gasteiger partial charge on any atom is 0.100 e. The van der Waals surface area contributed by atoms with Crippen LogP contribution in [0.2, 0.25) is 0 Å². The Kier molecular flexibility index (Phi) is 4.58. The van der Waals surface area contributed by atoms with E-state index in [1.54, 1.807) is 0 Å². The van der Waals surface area contributed by atoms with Crippen molar-refractivity contribution in [2.45, 2.75) is 52.2 Å². The first-order valence-corrected chi connectivity index (χ1v) is 6.37. The molecule has 0 aromatic heterocycles. The van der Waals surface area contributed by atoms with Crippen LogP contribution in [0.15, 0.2) is 0 Å². The minimum atomic E-state index is -0.954. The van der Waals surface area contributed by atoms with E-state index in [0.717, 1.165) is 12.3 Å². The third kappa shape index (κ3) is 2.50. The van der Waals surface area contributed by atoms with Crippen molar-refractivity contribution in [3.63, 3.8) is 0 Å². The Morgan fingerprint density at radius 2 is 1.71 bits per heavy atom. The second-order valence-electron chi connectivity index (χ2n) is 6.15. The van der Waals surface area contributed by atoms with Crippen molar-refractivity contribution < 1.29 is 20.4 Å². The van der Waals surface area contributed by atoms with Gasteiger partial charge >= 0.3 is 0 Å². The van der Waals surface area contributed by atoms with Gasteiger partial charge in [-0.2, -0.15) is 0 Å². The molecule has 2 aliphatic rings. The van der Waals surface area contributed by atoms with Crippen molar-refractivity contribution >= 4 is 0 Å². The summed E-state index contributed by atoms with van der Waals surface area (Å²) < 4.78 is 0. The van der Waals surface area contributed by atoms with E-state index >= 15 is 0 Å². The van der Waals surface area contributed by atoms with Crippen LogP contribution in [-0.4, -0.2) is 45.8 Å². The summed E-state index contributed by atoms with van der Waals surface area (Å²) >= 11 is 0. The van der Waals surface area contributed by atoms with E-state index < -0.39 is 6.10 Å². The summed E-state index contributed by atoms with van der Waals surface area (Å²) in [7, 11) is 0. The van der Waals surface area contributed by atoms with E-state index in [1.165, 1.54) is 12.8 Å². The molecule has 0 saturated heterocycles. The maximum absolute atomic E-state index is 9.81. The van der Waals surface area contributed by atoms with Crippen LogP contribution in [0.25, 0.3) is 0 Å². The van der Waals surface area contributed by atoms with E-state index in [2.05, 4.69) is 20.8 Å². The minimum Gasteiger partial charge on any atom is -0.394 e. The third-order valence-corrected chi connectivity index (χ3v) is 5.17. The first kappa shape index (κ1) is 14.9. The SMILES string of the molecule is CC1(C)C2CCC1(C)C(O)C2.OCC(O)CO. The molecule has 2 rings (SSSR count). The second kappa shape index (κ2) is 5.22. The number of fused-ring (bicyclic) bond motifs is 2. The number of hydrogen-bond acceptors (Lipinski definition) is 4. The van der Waals surface area contributed by atoms with Crippen molar-refractivity contribution in [2.75, 3.05) is 13.2 Å². The van der Waals surface area contributed by atoms with Gasteiger partial charge in [0.05, 0.1) is 19.3 Å². The Labute approximate surface area is 103 Å². The third-order valence-electron chi connectivity index (χ3n) is 5.17. The molecular weight excluding hydrogens is 220 g/mol. The van der Waals surface area contributed by atoms with Crippen molar-refractivity contribution in [3.8, 4) is 0 Å². The largest absolute Gasteiger partial charge is 0.394 e. The number of hydrogen-bond donors (Lipinski definition) is 4. The van der Waals surface area contributed by atoms with Crippen LogP contribution in [-0.2, 0) is 0 Å². The van der Waals surface area contributed by atoms with Gasteiger partial charge < -0.3 is 20.4 Å². The van der Waals surface area contributed by atoms with Gasteiger partial charge in [-0.05, 0) is 36.0 Å². The van der Waals surface area contributed by atoms with Crippen LogP contribution < -0.4 is 0 Å². The molecule has 0 radical (unpaired) electrons. The van der Waals surface area contributed by atoms with Gasteiger partial charge in [0.25, 0.3) is 0 Å². The molecule has 2 saturated carbocycles. The van der Waals surface area contributed by atoms with Gasteiger partial charge in [0, 0.05) is 0 Å². The molecule has 4 heteroatoms. The molecule has 4 nitrogen and oxygen atoms in total. The van der Waals surface area contributed by atoms with E-state index in [-0.39, 0.29) is 24.7 Å². The summed E-state index contributed by atoms with van der Waals surface area (Å²) in [5, 5.41) is 33.8. The van der Waals surface area contributed by atoms with Gasteiger partial charge in [0.1, 0.15) is 6.10 Å². The van der Waals surface area contributed by atoms with E-state index in [0.29, 0.717) is 5.41 Å². The Bertz CT molecular complexity index is 250. The average Bonchev–Trinajstić information content (AvgIpc) is 2.61. The zero-order valence-electron chi connectivity index (χ0n) is 11.1. The molecule has 2 fully saturated rings. The lowest BCUT2D eigenvalue weighted by atomic mass is 9.70. The van der Waals surface area contributed by atoms with Crippen LogP contribution in [0.3, 0.4) is 0 Å². The zero-order valence-corrected chi connectivity index (χ0v) is 11.1. The number of aliphatic hydroxyl groups is 4. The normalized spacial score (nSPS) is 38.1. The van der Waals surface area contributed by atoms with Crippen molar-refractivity contribution in [2.24, 2.45) is 16.7 Å². The smallest absolute Gasteiger partial charge is 0.100 e. The Balaban J connectivity index is 0.000000209. The van der Waals surface area contributed by atoms with Crippen LogP contribution in [0.5, 0.6) is 0 Å². The summed E-state index contributed by atoms with van der Waals surface area (Å²) in [5.41, 5.74) is 0.601. The van der Waals surface area contributed by atoms with E-state index in [1.807, 2.05) is 0 Å². The monoisotopic (exact) mass is 246 g/mol. The molecule has 0 amide bonds. The van der Waals surface area contributed by atoms with Gasteiger partial charge in [-0.25, -0.2) is 0 Å². The van der Waals surface area contributed by atoms with Crippen LogP contribution in [0, 0.1) is 16.7 Å². The number of rotatable bonds is 2. The molecule has 102 valence electrons. The van der Waals surface area contributed by atoms with Crippen molar-refractivity contribution in [1.82, 2.24) is 0 Å². The lowest BCUT2D eigenvalue weighted by Crippen LogP contribution is -2.35. The highest BCUT2D eigenvalue weighted by atomic mass is 16.3. The molecule has 0 spiro atoms. The van der Waals surface area contributed by atoms with Gasteiger partial charge in [-0.15, -0.1) is 0 Å². The van der Waals surface area contributed by atoms with Gasteiger partial charge in [-0.3, -0.25) is 0 Å². The number of aliphatic hydroxyl groups excluding tert-OH is 4. The highest BCUT2D eigenvalue weighted by molar-refractivity contribution is 5.10. The molecule has 0 aliphatic heterocycles. The molecule has 0 aromatic carbocycles. The minimum absolute atomic E-state index is 0.0313. The van der Waals surface area contributed by atoms with E-state index in [4.69, 9.17) is 15.3 Å². The molecule has 0 heterocycles. The highest BCUT2D eigenvalue weighted by Crippen LogP contribution is 2.65. The maximum atomic E-state index is 9.81. The second-order valence-corrected chi connectivity index (χ2v) is 6.15. The molecule has 2 bridgehead atoms. The Hall–Kier alpha value is -0.160. The summed E-state index contributed by atoms with van der Waals surface area (Å²) in [6.07, 6.45) is 2.62. The van der Waals surface area contributed by atoms with Gasteiger partial charge in [0.2, 0.25) is 0 Å². The van der Waals surface area contributed by atoms with Crippen molar-refractivity contribution in [1.29, 1.82) is 0 Å². The summed E-state index contributed by atoms with van der Waals surface area (Å²) in [6.45, 7) is 6.17. The fourth-order valence-corrected chi connectivity index (χ4v) is 3.22. The average molecular weight is 246 g/mol. The van der Waals surface area contributed by atoms with Crippen LogP contribution in [0.1, 0.15) is 40.0 Å². The lowest BCUT2D eigenvalue weighted by molar-refractivity contribution is 0.0126.